The summed E-state index contributed by atoms with van der Waals surface area (Å²) in [5, 5.41) is 22.1. The zero-order chi connectivity index (χ0) is 14.5. The summed E-state index contributed by atoms with van der Waals surface area (Å²) in [7, 11) is 0. The number of aryl methyl sites for hydroxylation is 2. The summed E-state index contributed by atoms with van der Waals surface area (Å²) < 4.78 is 0. The van der Waals surface area contributed by atoms with Crippen molar-refractivity contribution in [1.82, 2.24) is 0 Å². The van der Waals surface area contributed by atoms with Crippen molar-refractivity contribution in [2.24, 2.45) is 0 Å². The SMILES string of the molecule is Cc1ccc(NCC(O)c2ccc(C#N)cc2)cc1C. The van der Waals surface area contributed by atoms with E-state index in [4.69, 9.17) is 5.26 Å². The highest BCUT2D eigenvalue weighted by Gasteiger charge is 2.07. The fourth-order valence-corrected chi connectivity index (χ4v) is 1.96. The highest BCUT2D eigenvalue weighted by Crippen LogP contribution is 2.17. The summed E-state index contributed by atoms with van der Waals surface area (Å²) >= 11 is 0. The molecule has 2 N–H and O–H groups in total. The van der Waals surface area contributed by atoms with Crippen LogP contribution in [0.4, 0.5) is 5.69 Å². The summed E-state index contributed by atoms with van der Waals surface area (Å²) in [5.74, 6) is 0. The van der Waals surface area contributed by atoms with E-state index in [0.29, 0.717) is 12.1 Å². The van der Waals surface area contributed by atoms with E-state index in [9.17, 15) is 5.11 Å². The van der Waals surface area contributed by atoms with Gasteiger partial charge in [-0.25, -0.2) is 0 Å². The standard InChI is InChI=1S/C17H18N2O/c1-12-3-8-16(9-13(12)2)19-11-17(20)15-6-4-14(10-18)5-7-15/h3-9,17,19-20H,11H2,1-2H3. The highest BCUT2D eigenvalue weighted by molar-refractivity contribution is 5.48. The molecule has 0 bridgehead atoms. The van der Waals surface area contributed by atoms with Crippen LogP contribution in [0.1, 0.15) is 28.4 Å². The van der Waals surface area contributed by atoms with Crippen molar-refractivity contribution >= 4 is 5.69 Å². The Balaban J connectivity index is 1.99. The zero-order valence-electron chi connectivity index (χ0n) is 11.7. The fraction of sp³-hybridized carbons (Fsp3) is 0.235. The van der Waals surface area contributed by atoms with Gasteiger partial charge in [0.25, 0.3) is 0 Å². The molecule has 3 heteroatoms. The molecule has 20 heavy (non-hydrogen) atoms. The number of nitriles is 1. The summed E-state index contributed by atoms with van der Waals surface area (Å²) in [6.45, 7) is 4.58. The number of hydrogen-bond donors (Lipinski definition) is 2. The second-order valence-electron chi connectivity index (χ2n) is 4.93. The van der Waals surface area contributed by atoms with Crippen molar-refractivity contribution in [3.63, 3.8) is 0 Å². The van der Waals surface area contributed by atoms with Crippen LogP contribution in [0.2, 0.25) is 0 Å². The van der Waals surface area contributed by atoms with Crippen LogP contribution in [-0.4, -0.2) is 11.7 Å². The third-order valence-electron chi connectivity index (χ3n) is 3.43. The Morgan fingerprint density at radius 2 is 1.80 bits per heavy atom. The van der Waals surface area contributed by atoms with E-state index in [1.54, 1.807) is 24.3 Å². The number of aliphatic hydroxyl groups is 1. The quantitative estimate of drug-likeness (QED) is 0.892. The molecule has 1 unspecified atom stereocenters. The first-order chi connectivity index (χ1) is 9.60. The van der Waals surface area contributed by atoms with Crippen molar-refractivity contribution in [2.75, 3.05) is 11.9 Å². The van der Waals surface area contributed by atoms with Crippen LogP contribution in [0.5, 0.6) is 0 Å². The molecule has 0 aliphatic heterocycles. The molecule has 0 saturated heterocycles. The van der Waals surface area contributed by atoms with Gasteiger partial charge in [-0.2, -0.15) is 5.26 Å². The maximum absolute atomic E-state index is 10.1. The van der Waals surface area contributed by atoms with Crippen LogP contribution in [0, 0.1) is 25.2 Å². The van der Waals surface area contributed by atoms with E-state index < -0.39 is 6.10 Å². The molecule has 0 fully saturated rings. The van der Waals surface area contributed by atoms with E-state index in [2.05, 4.69) is 37.4 Å². The lowest BCUT2D eigenvalue weighted by molar-refractivity contribution is 0.191. The Morgan fingerprint density at radius 3 is 2.40 bits per heavy atom. The van der Waals surface area contributed by atoms with E-state index in [0.717, 1.165) is 11.3 Å². The van der Waals surface area contributed by atoms with Crippen molar-refractivity contribution in [2.45, 2.75) is 20.0 Å². The smallest absolute Gasteiger partial charge is 0.0991 e. The molecule has 1 atom stereocenters. The number of aliphatic hydroxyl groups excluding tert-OH is 1. The van der Waals surface area contributed by atoms with E-state index in [-0.39, 0.29) is 0 Å². The van der Waals surface area contributed by atoms with Crippen LogP contribution >= 0.6 is 0 Å². The predicted octanol–water partition coefficient (Wildman–Crippen LogP) is 3.32. The topological polar surface area (TPSA) is 56.0 Å². The summed E-state index contributed by atoms with van der Waals surface area (Å²) in [4.78, 5) is 0. The van der Waals surface area contributed by atoms with Crippen LogP contribution < -0.4 is 5.32 Å². The van der Waals surface area contributed by atoms with Crippen LogP contribution in [-0.2, 0) is 0 Å². The Bertz CT molecular complexity index is 626. The van der Waals surface area contributed by atoms with E-state index in [1.165, 1.54) is 11.1 Å². The van der Waals surface area contributed by atoms with Gasteiger partial charge >= 0.3 is 0 Å². The van der Waals surface area contributed by atoms with Crippen molar-refractivity contribution in [3.05, 3.63) is 64.7 Å². The monoisotopic (exact) mass is 266 g/mol. The molecule has 2 aromatic carbocycles. The lowest BCUT2D eigenvalue weighted by atomic mass is 10.1. The Kier molecular flexibility index (Phi) is 4.39. The summed E-state index contributed by atoms with van der Waals surface area (Å²) in [5.41, 5.74) is 4.88. The summed E-state index contributed by atoms with van der Waals surface area (Å²) in [6, 6.07) is 15.2. The molecule has 0 aromatic heterocycles. The van der Waals surface area contributed by atoms with Gasteiger partial charge in [-0.15, -0.1) is 0 Å². The van der Waals surface area contributed by atoms with Crippen molar-refractivity contribution in [1.29, 1.82) is 5.26 Å². The first-order valence-corrected chi connectivity index (χ1v) is 6.59. The van der Waals surface area contributed by atoms with E-state index in [1.807, 2.05) is 6.07 Å². The Hall–Kier alpha value is -2.31. The number of hydrogen-bond acceptors (Lipinski definition) is 3. The number of rotatable bonds is 4. The number of nitrogens with zero attached hydrogens (tertiary/aromatic N) is 1. The average molecular weight is 266 g/mol. The molecule has 0 heterocycles. The minimum atomic E-state index is -0.593. The first kappa shape index (κ1) is 14.1. The minimum Gasteiger partial charge on any atom is -0.387 e. The third kappa shape index (κ3) is 3.37. The van der Waals surface area contributed by atoms with Gasteiger partial charge in [0.1, 0.15) is 0 Å². The maximum Gasteiger partial charge on any atom is 0.0991 e. The van der Waals surface area contributed by atoms with Gasteiger partial charge in [0, 0.05) is 12.2 Å². The molecule has 0 aliphatic carbocycles. The Labute approximate surface area is 119 Å². The summed E-state index contributed by atoms with van der Waals surface area (Å²) in [6.07, 6.45) is -0.593. The zero-order valence-corrected chi connectivity index (χ0v) is 11.7. The second kappa shape index (κ2) is 6.23. The average Bonchev–Trinajstić information content (AvgIpc) is 2.48. The first-order valence-electron chi connectivity index (χ1n) is 6.59. The molecule has 0 radical (unpaired) electrons. The lowest BCUT2D eigenvalue weighted by Crippen LogP contribution is -2.12. The Morgan fingerprint density at radius 1 is 1.10 bits per heavy atom. The molecule has 0 aliphatic rings. The third-order valence-corrected chi connectivity index (χ3v) is 3.43. The van der Waals surface area contributed by atoms with E-state index >= 15 is 0 Å². The van der Waals surface area contributed by atoms with Gasteiger partial charge in [0.05, 0.1) is 17.7 Å². The second-order valence-corrected chi connectivity index (χ2v) is 4.93. The fourth-order valence-electron chi connectivity index (χ4n) is 1.96. The highest BCUT2D eigenvalue weighted by atomic mass is 16.3. The number of anilines is 1. The molecule has 0 spiro atoms. The molecule has 0 saturated carbocycles. The lowest BCUT2D eigenvalue weighted by Gasteiger charge is -2.14. The van der Waals surface area contributed by atoms with Gasteiger partial charge in [0.15, 0.2) is 0 Å². The molecule has 2 aromatic rings. The molecule has 0 amide bonds. The van der Waals surface area contributed by atoms with Crippen molar-refractivity contribution in [3.8, 4) is 6.07 Å². The van der Waals surface area contributed by atoms with Crippen LogP contribution in [0.25, 0.3) is 0 Å². The van der Waals surface area contributed by atoms with Gasteiger partial charge < -0.3 is 10.4 Å². The van der Waals surface area contributed by atoms with Gasteiger partial charge in [0.2, 0.25) is 0 Å². The minimum absolute atomic E-state index is 0.439. The number of benzene rings is 2. The molecule has 2 rings (SSSR count). The van der Waals surface area contributed by atoms with Crippen LogP contribution in [0.3, 0.4) is 0 Å². The molecule has 3 nitrogen and oxygen atoms in total. The van der Waals surface area contributed by atoms with Crippen LogP contribution in [0.15, 0.2) is 42.5 Å². The predicted molar refractivity (Wildman–Crippen MR) is 80.5 cm³/mol. The largest absolute Gasteiger partial charge is 0.387 e. The normalized spacial score (nSPS) is 11.7. The van der Waals surface area contributed by atoms with Gasteiger partial charge in [-0.05, 0) is 54.8 Å². The molecular formula is C17H18N2O. The molecular weight excluding hydrogens is 248 g/mol. The van der Waals surface area contributed by atoms with Crippen molar-refractivity contribution < 1.29 is 5.11 Å². The van der Waals surface area contributed by atoms with Gasteiger partial charge in [-0.1, -0.05) is 18.2 Å². The maximum atomic E-state index is 10.1. The molecule has 102 valence electrons. The number of nitrogens with one attached hydrogen (secondary N) is 1. The van der Waals surface area contributed by atoms with Gasteiger partial charge in [-0.3, -0.25) is 0 Å².